The summed E-state index contributed by atoms with van der Waals surface area (Å²) >= 11 is 5.22. The summed E-state index contributed by atoms with van der Waals surface area (Å²) in [6, 6.07) is 29.5. The van der Waals surface area contributed by atoms with Crippen LogP contribution in [-0.2, 0) is 12.3 Å². The largest absolute Gasteiger partial charge is 0.306 e. The van der Waals surface area contributed by atoms with Crippen LogP contribution in [0, 0.1) is 0 Å². The van der Waals surface area contributed by atoms with Gasteiger partial charge in [-0.05, 0) is 30.2 Å². The van der Waals surface area contributed by atoms with Gasteiger partial charge in [0.15, 0.2) is 9.50 Å². The van der Waals surface area contributed by atoms with Crippen LogP contribution in [0.5, 0.6) is 0 Å². The predicted molar refractivity (Wildman–Crippen MR) is 135 cm³/mol. The smallest absolute Gasteiger partial charge is 0.192 e. The molecule has 0 saturated carbocycles. The number of benzene rings is 3. The standard InChI is InChI=1S/C25H22N4S3/c1-2-29-22(17-30-25-26-20-15-9-10-16-21(20)31-25)27-28-24(29)32-23(18-11-5-3-6-12-18)19-13-7-4-8-14-19/h3-16,23H,2,17H2,1H3. The Bertz CT molecular complexity index is 1230. The van der Waals surface area contributed by atoms with Crippen molar-refractivity contribution in [3.63, 3.8) is 0 Å². The first-order chi connectivity index (χ1) is 15.8. The molecule has 0 aliphatic heterocycles. The van der Waals surface area contributed by atoms with Crippen molar-refractivity contribution in [3.8, 4) is 0 Å². The number of thiazole rings is 1. The van der Waals surface area contributed by atoms with E-state index in [1.54, 1.807) is 34.9 Å². The lowest BCUT2D eigenvalue weighted by Crippen LogP contribution is -2.04. The second-order valence-corrected chi connectivity index (χ2v) is 10.5. The van der Waals surface area contributed by atoms with Crippen LogP contribution < -0.4 is 0 Å². The zero-order valence-electron chi connectivity index (χ0n) is 17.6. The normalized spacial score (nSPS) is 11.4. The summed E-state index contributed by atoms with van der Waals surface area (Å²) in [7, 11) is 0. The first kappa shape index (κ1) is 21.2. The Morgan fingerprint density at radius 2 is 1.50 bits per heavy atom. The average molecular weight is 475 g/mol. The Balaban J connectivity index is 1.38. The highest BCUT2D eigenvalue weighted by molar-refractivity contribution is 8.00. The van der Waals surface area contributed by atoms with Crippen molar-refractivity contribution in [2.75, 3.05) is 0 Å². The number of hydrogen-bond acceptors (Lipinski definition) is 6. The van der Waals surface area contributed by atoms with Gasteiger partial charge in [0.25, 0.3) is 0 Å². The van der Waals surface area contributed by atoms with Crippen LogP contribution in [-0.4, -0.2) is 19.7 Å². The maximum Gasteiger partial charge on any atom is 0.192 e. The topological polar surface area (TPSA) is 43.6 Å². The molecule has 0 unspecified atom stereocenters. The molecule has 2 aromatic heterocycles. The van der Waals surface area contributed by atoms with Crippen molar-refractivity contribution >= 4 is 45.1 Å². The molecule has 0 spiro atoms. The van der Waals surface area contributed by atoms with Gasteiger partial charge in [0.1, 0.15) is 5.82 Å². The predicted octanol–water partition coefficient (Wildman–Crippen LogP) is 7.08. The number of thioether (sulfide) groups is 2. The Morgan fingerprint density at radius 3 is 2.16 bits per heavy atom. The van der Waals surface area contributed by atoms with Crippen molar-refractivity contribution in [1.29, 1.82) is 0 Å². The van der Waals surface area contributed by atoms with E-state index in [0.29, 0.717) is 0 Å². The minimum Gasteiger partial charge on any atom is -0.306 e. The van der Waals surface area contributed by atoms with Crippen molar-refractivity contribution in [3.05, 3.63) is 102 Å². The molecule has 0 fully saturated rings. The molecule has 0 radical (unpaired) electrons. The Labute approximate surface area is 200 Å². The fraction of sp³-hybridized carbons (Fsp3) is 0.160. The molecule has 7 heteroatoms. The maximum atomic E-state index is 4.74. The first-order valence-electron chi connectivity index (χ1n) is 10.5. The number of para-hydroxylation sites is 1. The van der Waals surface area contributed by atoms with Crippen LogP contribution in [0.2, 0.25) is 0 Å². The van der Waals surface area contributed by atoms with Gasteiger partial charge in [0.2, 0.25) is 0 Å². The molecule has 0 aliphatic carbocycles. The Morgan fingerprint density at radius 1 is 0.844 bits per heavy atom. The van der Waals surface area contributed by atoms with Gasteiger partial charge in [0.05, 0.1) is 21.2 Å². The summed E-state index contributed by atoms with van der Waals surface area (Å²) in [5.74, 6) is 1.74. The molecule has 5 rings (SSSR count). The fourth-order valence-corrected chi connectivity index (χ4v) is 6.81. The lowest BCUT2D eigenvalue weighted by Gasteiger charge is -2.17. The van der Waals surface area contributed by atoms with E-state index in [0.717, 1.165) is 33.1 Å². The summed E-state index contributed by atoms with van der Waals surface area (Å²) in [5, 5.41) is 10.2. The van der Waals surface area contributed by atoms with Gasteiger partial charge in [-0.3, -0.25) is 0 Å². The zero-order chi connectivity index (χ0) is 21.8. The summed E-state index contributed by atoms with van der Waals surface area (Å²) in [5.41, 5.74) is 3.58. The van der Waals surface area contributed by atoms with Gasteiger partial charge in [-0.1, -0.05) is 96.3 Å². The summed E-state index contributed by atoms with van der Waals surface area (Å²) in [6.45, 7) is 2.99. The highest BCUT2D eigenvalue weighted by Crippen LogP contribution is 2.40. The van der Waals surface area contributed by atoms with Crippen molar-refractivity contribution in [2.45, 2.75) is 34.0 Å². The number of aromatic nitrogens is 4. The van der Waals surface area contributed by atoms with Crippen LogP contribution in [0.1, 0.15) is 29.1 Å². The second-order valence-electron chi connectivity index (χ2n) is 7.20. The van der Waals surface area contributed by atoms with E-state index in [-0.39, 0.29) is 5.25 Å². The highest BCUT2D eigenvalue weighted by Gasteiger charge is 2.21. The minimum atomic E-state index is 0.164. The van der Waals surface area contributed by atoms with Gasteiger partial charge in [-0.15, -0.1) is 21.5 Å². The molecule has 0 bridgehead atoms. The van der Waals surface area contributed by atoms with Gasteiger partial charge >= 0.3 is 0 Å². The molecule has 4 nitrogen and oxygen atoms in total. The molecule has 2 heterocycles. The molecule has 0 N–H and O–H groups in total. The van der Waals surface area contributed by atoms with Crippen LogP contribution in [0.15, 0.2) is 94.4 Å². The third kappa shape index (κ3) is 4.60. The molecule has 0 saturated heterocycles. The molecule has 3 aromatic carbocycles. The SMILES string of the molecule is CCn1c(CSc2nc3ccccc3s2)nnc1SC(c1ccccc1)c1ccccc1. The number of hydrogen-bond donors (Lipinski definition) is 0. The monoisotopic (exact) mass is 474 g/mol. The van der Waals surface area contributed by atoms with Gasteiger partial charge in [-0.2, -0.15) is 0 Å². The molecule has 32 heavy (non-hydrogen) atoms. The summed E-state index contributed by atoms with van der Waals surface area (Å²) in [4.78, 5) is 4.74. The molecule has 160 valence electrons. The molecule has 5 aromatic rings. The van der Waals surface area contributed by atoms with Gasteiger partial charge < -0.3 is 4.57 Å². The molecular formula is C25H22N4S3. The van der Waals surface area contributed by atoms with Crippen LogP contribution >= 0.6 is 34.9 Å². The molecule has 0 aliphatic rings. The van der Waals surface area contributed by atoms with Gasteiger partial charge in [-0.25, -0.2) is 4.98 Å². The number of rotatable bonds is 8. The number of nitrogens with zero attached hydrogens (tertiary/aromatic N) is 4. The van der Waals surface area contributed by atoms with E-state index < -0.39 is 0 Å². The van der Waals surface area contributed by atoms with E-state index in [2.05, 4.69) is 101 Å². The summed E-state index contributed by atoms with van der Waals surface area (Å²) < 4.78 is 4.51. The van der Waals surface area contributed by atoms with Crippen LogP contribution in [0.4, 0.5) is 0 Å². The summed E-state index contributed by atoms with van der Waals surface area (Å²) in [6.07, 6.45) is 0. The quantitative estimate of drug-likeness (QED) is 0.225. The van der Waals surface area contributed by atoms with E-state index in [1.807, 2.05) is 6.07 Å². The first-order valence-corrected chi connectivity index (χ1v) is 13.2. The fourth-order valence-electron chi connectivity index (χ4n) is 3.56. The van der Waals surface area contributed by atoms with Crippen LogP contribution in [0.3, 0.4) is 0 Å². The lowest BCUT2D eigenvalue weighted by atomic mass is 10.0. The van der Waals surface area contributed by atoms with Crippen molar-refractivity contribution < 1.29 is 0 Å². The second kappa shape index (κ2) is 9.90. The number of fused-ring (bicyclic) bond motifs is 1. The Kier molecular flexibility index (Phi) is 6.57. The van der Waals surface area contributed by atoms with Crippen LogP contribution in [0.25, 0.3) is 10.2 Å². The third-order valence-electron chi connectivity index (χ3n) is 5.14. The van der Waals surface area contributed by atoms with Crippen molar-refractivity contribution in [1.82, 2.24) is 19.7 Å². The minimum absolute atomic E-state index is 0.164. The maximum absolute atomic E-state index is 4.74. The van der Waals surface area contributed by atoms with E-state index >= 15 is 0 Å². The van der Waals surface area contributed by atoms with Gasteiger partial charge in [0, 0.05) is 6.54 Å². The average Bonchev–Trinajstić information content (AvgIpc) is 3.45. The molecule has 0 atom stereocenters. The Hall–Kier alpha value is -2.61. The van der Waals surface area contributed by atoms with Crippen molar-refractivity contribution in [2.24, 2.45) is 0 Å². The lowest BCUT2D eigenvalue weighted by molar-refractivity contribution is 0.658. The highest BCUT2D eigenvalue weighted by atomic mass is 32.2. The third-order valence-corrected chi connectivity index (χ3v) is 8.60. The zero-order valence-corrected chi connectivity index (χ0v) is 20.0. The van der Waals surface area contributed by atoms with E-state index in [9.17, 15) is 0 Å². The van der Waals surface area contributed by atoms with E-state index in [4.69, 9.17) is 4.98 Å². The molecule has 0 amide bonds. The molecular weight excluding hydrogens is 453 g/mol. The van der Waals surface area contributed by atoms with E-state index in [1.165, 1.54) is 15.8 Å².